The predicted molar refractivity (Wildman–Crippen MR) is 147 cm³/mol. The van der Waals surface area contributed by atoms with Gasteiger partial charge in [-0.05, 0) is 66.7 Å². The van der Waals surface area contributed by atoms with Gasteiger partial charge < -0.3 is 10.1 Å². The summed E-state index contributed by atoms with van der Waals surface area (Å²) in [5.74, 6) is -1.03. The van der Waals surface area contributed by atoms with Gasteiger partial charge in [-0.3, -0.25) is 14.2 Å². The van der Waals surface area contributed by atoms with Crippen LogP contribution in [0.15, 0.2) is 101 Å². The zero-order valence-corrected chi connectivity index (χ0v) is 22.6. The van der Waals surface area contributed by atoms with Gasteiger partial charge in [-0.1, -0.05) is 35.9 Å². The molecule has 0 aliphatic heterocycles. The van der Waals surface area contributed by atoms with Crippen molar-refractivity contribution >= 4 is 54.6 Å². The standard InChI is InChI=1S/C26H21ClFN3O6S2/c1-37-24-9-5-4-8-23(24)31-39(35,36)25-16-18(12-15-21(25)27)29-26(32)20-6-2-3-7-22(20)30-38(33,34)19-13-10-17(28)11-14-19/h2-16,30-31H,1H3,(H,29,32). The lowest BCUT2D eigenvalue weighted by atomic mass is 10.1. The van der Waals surface area contributed by atoms with E-state index >= 15 is 0 Å². The minimum absolute atomic E-state index is 0.0426. The summed E-state index contributed by atoms with van der Waals surface area (Å²) in [7, 11) is -6.94. The second-order valence-electron chi connectivity index (χ2n) is 8.01. The van der Waals surface area contributed by atoms with Gasteiger partial charge in [0.2, 0.25) is 0 Å². The van der Waals surface area contributed by atoms with Crippen molar-refractivity contribution < 1.29 is 30.8 Å². The molecule has 9 nitrogen and oxygen atoms in total. The molecule has 0 unspecified atom stereocenters. The molecule has 0 bridgehead atoms. The molecule has 0 radical (unpaired) electrons. The van der Waals surface area contributed by atoms with Crippen LogP contribution in [0.3, 0.4) is 0 Å². The number of hydrogen-bond donors (Lipinski definition) is 3. The summed E-state index contributed by atoms with van der Waals surface area (Å²) in [5, 5.41) is 2.46. The van der Waals surface area contributed by atoms with Crippen molar-refractivity contribution in [2.24, 2.45) is 0 Å². The fraction of sp³-hybridized carbons (Fsp3) is 0.0385. The maximum atomic E-state index is 13.2. The molecule has 4 rings (SSSR count). The van der Waals surface area contributed by atoms with Gasteiger partial charge in [0.1, 0.15) is 16.5 Å². The molecule has 0 aliphatic carbocycles. The molecule has 0 aliphatic rings. The number of benzene rings is 4. The molecule has 0 saturated carbocycles. The van der Waals surface area contributed by atoms with Crippen LogP contribution in [-0.2, 0) is 20.0 Å². The highest BCUT2D eigenvalue weighted by atomic mass is 35.5. The number of carbonyl (C=O) groups excluding carboxylic acids is 1. The zero-order valence-electron chi connectivity index (χ0n) is 20.2. The Bertz CT molecular complexity index is 1750. The summed E-state index contributed by atoms with van der Waals surface area (Å²) < 4.78 is 74.9. The topological polar surface area (TPSA) is 131 Å². The average molecular weight is 590 g/mol. The number of halogens is 2. The minimum Gasteiger partial charge on any atom is -0.495 e. The first-order valence-corrected chi connectivity index (χ1v) is 14.5. The second kappa shape index (κ2) is 11.3. The normalized spacial score (nSPS) is 11.5. The number of ether oxygens (including phenoxy) is 1. The summed E-state index contributed by atoms with van der Waals surface area (Å²) in [6.45, 7) is 0. The summed E-state index contributed by atoms with van der Waals surface area (Å²) in [6, 6.07) is 20.3. The molecular formula is C26H21ClFN3O6S2. The van der Waals surface area contributed by atoms with Gasteiger partial charge in [0.25, 0.3) is 26.0 Å². The highest BCUT2D eigenvalue weighted by Crippen LogP contribution is 2.31. The first kappa shape index (κ1) is 27.9. The van der Waals surface area contributed by atoms with Crippen LogP contribution in [0.4, 0.5) is 21.5 Å². The largest absolute Gasteiger partial charge is 0.495 e. The lowest BCUT2D eigenvalue weighted by Crippen LogP contribution is -2.19. The molecule has 0 saturated heterocycles. The third-order valence-corrected chi connectivity index (χ3v) is 8.60. The Labute approximate surface area is 229 Å². The third-order valence-electron chi connectivity index (χ3n) is 5.37. The Kier molecular flexibility index (Phi) is 8.09. The Balaban J connectivity index is 1.59. The second-order valence-corrected chi connectivity index (χ2v) is 11.8. The number of anilines is 3. The van der Waals surface area contributed by atoms with Crippen LogP contribution in [-0.4, -0.2) is 29.9 Å². The highest BCUT2D eigenvalue weighted by molar-refractivity contribution is 7.93. The van der Waals surface area contributed by atoms with Crippen molar-refractivity contribution in [2.45, 2.75) is 9.79 Å². The Morgan fingerprint density at radius 1 is 0.795 bits per heavy atom. The van der Waals surface area contributed by atoms with Crippen molar-refractivity contribution in [1.82, 2.24) is 0 Å². The molecule has 4 aromatic rings. The summed E-state index contributed by atoms with van der Waals surface area (Å²) in [6.07, 6.45) is 0. The zero-order chi connectivity index (χ0) is 28.2. The molecule has 1 amide bonds. The van der Waals surface area contributed by atoms with E-state index in [-0.39, 0.29) is 37.4 Å². The molecule has 0 heterocycles. The van der Waals surface area contributed by atoms with Gasteiger partial charge in [0, 0.05) is 5.69 Å². The van der Waals surface area contributed by atoms with E-state index in [1.165, 1.54) is 55.6 Å². The van der Waals surface area contributed by atoms with E-state index in [4.69, 9.17) is 16.3 Å². The SMILES string of the molecule is COc1ccccc1NS(=O)(=O)c1cc(NC(=O)c2ccccc2NS(=O)(=O)c2ccc(F)cc2)ccc1Cl. The summed E-state index contributed by atoms with van der Waals surface area (Å²) in [4.78, 5) is 12.6. The predicted octanol–water partition coefficient (Wildman–Crippen LogP) is 5.34. The van der Waals surface area contributed by atoms with E-state index in [0.717, 1.165) is 24.3 Å². The fourth-order valence-corrected chi connectivity index (χ4v) is 6.18. The molecule has 202 valence electrons. The van der Waals surface area contributed by atoms with Crippen LogP contribution >= 0.6 is 11.6 Å². The van der Waals surface area contributed by atoms with Crippen LogP contribution in [0.1, 0.15) is 10.4 Å². The number of sulfonamides is 2. The van der Waals surface area contributed by atoms with E-state index in [1.807, 2.05) is 0 Å². The van der Waals surface area contributed by atoms with E-state index in [9.17, 15) is 26.0 Å². The van der Waals surface area contributed by atoms with Gasteiger partial charge in [-0.2, -0.15) is 0 Å². The van der Waals surface area contributed by atoms with Crippen LogP contribution in [0, 0.1) is 5.82 Å². The van der Waals surface area contributed by atoms with E-state index < -0.39 is 31.8 Å². The van der Waals surface area contributed by atoms with Crippen molar-refractivity contribution in [3.05, 3.63) is 107 Å². The maximum absolute atomic E-state index is 13.2. The average Bonchev–Trinajstić information content (AvgIpc) is 2.90. The van der Waals surface area contributed by atoms with E-state index in [2.05, 4.69) is 14.8 Å². The molecule has 39 heavy (non-hydrogen) atoms. The van der Waals surface area contributed by atoms with Crippen molar-refractivity contribution in [1.29, 1.82) is 0 Å². The molecular weight excluding hydrogens is 569 g/mol. The summed E-state index contributed by atoms with van der Waals surface area (Å²) >= 11 is 6.18. The number of hydrogen-bond acceptors (Lipinski definition) is 6. The molecule has 0 aromatic heterocycles. The lowest BCUT2D eigenvalue weighted by Gasteiger charge is -2.15. The summed E-state index contributed by atoms with van der Waals surface area (Å²) in [5.41, 5.74) is 0.183. The number of amides is 1. The Hall–Kier alpha value is -4.13. The van der Waals surface area contributed by atoms with Crippen LogP contribution < -0.4 is 19.5 Å². The molecule has 0 atom stereocenters. The van der Waals surface area contributed by atoms with Crippen molar-refractivity contribution in [2.75, 3.05) is 21.9 Å². The Morgan fingerprint density at radius 3 is 2.10 bits per heavy atom. The first-order valence-electron chi connectivity index (χ1n) is 11.1. The number of carbonyl (C=O) groups is 1. The quantitative estimate of drug-likeness (QED) is 0.241. The molecule has 3 N–H and O–H groups in total. The van der Waals surface area contributed by atoms with Gasteiger partial charge in [-0.15, -0.1) is 0 Å². The number of rotatable bonds is 9. The van der Waals surface area contributed by atoms with Crippen molar-refractivity contribution in [3.8, 4) is 5.75 Å². The smallest absolute Gasteiger partial charge is 0.263 e. The first-order chi connectivity index (χ1) is 18.5. The number of methoxy groups -OCH3 is 1. The monoisotopic (exact) mass is 589 g/mol. The molecule has 13 heteroatoms. The fourth-order valence-electron chi connectivity index (χ4n) is 3.50. The maximum Gasteiger partial charge on any atom is 0.263 e. The van der Waals surface area contributed by atoms with Gasteiger partial charge in [0.15, 0.2) is 0 Å². The number of para-hydroxylation sites is 3. The van der Waals surface area contributed by atoms with Gasteiger partial charge in [0.05, 0.1) is 34.0 Å². The lowest BCUT2D eigenvalue weighted by molar-refractivity contribution is 0.102. The minimum atomic E-state index is -4.20. The number of nitrogens with one attached hydrogen (secondary N) is 3. The molecule has 0 fully saturated rings. The van der Waals surface area contributed by atoms with Crippen molar-refractivity contribution in [3.63, 3.8) is 0 Å². The van der Waals surface area contributed by atoms with Crippen LogP contribution in [0.25, 0.3) is 0 Å². The molecule has 0 spiro atoms. The van der Waals surface area contributed by atoms with E-state index in [0.29, 0.717) is 5.75 Å². The van der Waals surface area contributed by atoms with Gasteiger partial charge in [-0.25, -0.2) is 21.2 Å². The van der Waals surface area contributed by atoms with Gasteiger partial charge >= 0.3 is 0 Å². The molecule has 4 aromatic carbocycles. The third kappa shape index (κ3) is 6.48. The Morgan fingerprint density at radius 2 is 1.41 bits per heavy atom. The van der Waals surface area contributed by atoms with E-state index in [1.54, 1.807) is 18.2 Å². The van der Waals surface area contributed by atoms with Crippen LogP contribution in [0.2, 0.25) is 5.02 Å². The van der Waals surface area contributed by atoms with Crippen LogP contribution in [0.5, 0.6) is 5.75 Å². The highest BCUT2D eigenvalue weighted by Gasteiger charge is 2.22.